The zero-order chi connectivity index (χ0) is 20.0. The first kappa shape index (κ1) is 21.6. The molecule has 2 aromatic carbocycles. The minimum Gasteiger partial charge on any atom is -0.759 e. The van der Waals surface area contributed by atoms with Crippen LogP contribution in [0.3, 0.4) is 0 Å². The zero-order valence-corrected chi connectivity index (χ0v) is 17.5. The molecule has 2 aromatic rings. The largest absolute Gasteiger partial charge is 0.759 e. The average Bonchev–Trinajstić information content (AvgIpc) is 2.64. The van der Waals surface area contributed by atoms with Crippen molar-refractivity contribution in [3.05, 3.63) is 69.8 Å². The molecule has 2 rings (SSSR count). The van der Waals surface area contributed by atoms with Crippen molar-refractivity contribution >= 4 is 31.9 Å². The van der Waals surface area contributed by atoms with E-state index in [1.54, 1.807) is 36.4 Å². The Balaban J connectivity index is 2.53. The second kappa shape index (κ2) is 9.45. The summed E-state index contributed by atoms with van der Waals surface area (Å²) in [5.74, 6) is -0.842. The van der Waals surface area contributed by atoms with Gasteiger partial charge in [-0.1, -0.05) is 60.1 Å². The Kier molecular flexibility index (Phi) is 7.55. The number of nitrogens with one attached hydrogen (secondary N) is 1. The summed E-state index contributed by atoms with van der Waals surface area (Å²) in [5.41, 5.74) is 2.09. The Hall–Kier alpha value is -1.74. The van der Waals surface area contributed by atoms with Crippen molar-refractivity contribution in [1.82, 2.24) is 9.79 Å². The topological polar surface area (TPSA) is 89.5 Å². The molecular formula is C19H22BrN2O4S-. The first-order valence-corrected chi connectivity index (χ1v) is 10.7. The fourth-order valence-corrected chi connectivity index (χ4v) is 4.59. The summed E-state index contributed by atoms with van der Waals surface area (Å²) in [4.78, 5) is 12.3. The number of nitrogens with zero attached hydrogens (tertiary/aromatic N) is 1. The molecule has 0 aliphatic rings. The number of benzene rings is 2. The van der Waals surface area contributed by atoms with Gasteiger partial charge in [-0.15, -0.1) is 0 Å². The van der Waals surface area contributed by atoms with Crippen molar-refractivity contribution in [3.8, 4) is 0 Å². The molecule has 0 aliphatic carbocycles. The van der Waals surface area contributed by atoms with Crippen LogP contribution in [0.5, 0.6) is 0 Å². The maximum absolute atomic E-state index is 13.3. The van der Waals surface area contributed by atoms with E-state index in [0.717, 1.165) is 14.3 Å². The second-order valence-electron chi connectivity index (χ2n) is 6.60. The maximum atomic E-state index is 13.3. The molecule has 0 fully saturated rings. The zero-order valence-electron chi connectivity index (χ0n) is 15.1. The lowest BCUT2D eigenvalue weighted by Crippen LogP contribution is -2.48. The van der Waals surface area contributed by atoms with Gasteiger partial charge in [0.2, 0.25) is 15.9 Å². The minimum absolute atomic E-state index is 0.00988. The number of hydroxylamine groups is 1. The Bertz CT molecular complexity index is 855. The highest BCUT2D eigenvalue weighted by Gasteiger charge is 2.35. The van der Waals surface area contributed by atoms with E-state index >= 15 is 0 Å². The molecule has 0 spiro atoms. The van der Waals surface area contributed by atoms with Crippen LogP contribution in [0.4, 0.5) is 0 Å². The third-order valence-corrected chi connectivity index (χ3v) is 6.44. The van der Waals surface area contributed by atoms with E-state index in [0.29, 0.717) is 0 Å². The van der Waals surface area contributed by atoms with Crippen molar-refractivity contribution in [2.45, 2.75) is 37.8 Å². The SMILES string of the molecule is CC(C)CC(C(=O)N[O-])N(Cc1ccccc1)S(=O)(=O)c1ccc(Br)cc1. The van der Waals surface area contributed by atoms with Gasteiger partial charge in [0.1, 0.15) is 6.04 Å². The Morgan fingerprint density at radius 1 is 1.11 bits per heavy atom. The van der Waals surface area contributed by atoms with Gasteiger partial charge in [0.25, 0.3) is 0 Å². The van der Waals surface area contributed by atoms with Crippen LogP contribution in [0.2, 0.25) is 0 Å². The van der Waals surface area contributed by atoms with Gasteiger partial charge in [-0.3, -0.25) is 4.79 Å². The molecule has 8 heteroatoms. The molecule has 1 N–H and O–H groups in total. The molecular weight excluding hydrogens is 432 g/mol. The molecule has 0 radical (unpaired) electrons. The first-order chi connectivity index (χ1) is 12.8. The summed E-state index contributed by atoms with van der Waals surface area (Å²) in [6, 6.07) is 14.1. The van der Waals surface area contributed by atoms with Crippen molar-refractivity contribution in [3.63, 3.8) is 0 Å². The third-order valence-electron chi connectivity index (χ3n) is 4.05. The molecule has 1 unspecified atom stereocenters. The van der Waals surface area contributed by atoms with Gasteiger partial charge in [-0.05, 0) is 42.2 Å². The monoisotopic (exact) mass is 453 g/mol. The summed E-state index contributed by atoms with van der Waals surface area (Å²) in [7, 11) is -4.00. The van der Waals surface area contributed by atoms with Crippen LogP contribution in [0.1, 0.15) is 25.8 Å². The summed E-state index contributed by atoms with van der Waals surface area (Å²) in [5, 5.41) is 11.1. The highest BCUT2D eigenvalue weighted by molar-refractivity contribution is 9.10. The lowest BCUT2D eigenvalue weighted by molar-refractivity contribution is -0.124. The lowest BCUT2D eigenvalue weighted by atomic mass is 10.0. The number of hydrogen-bond donors (Lipinski definition) is 1. The quantitative estimate of drug-likeness (QED) is 0.617. The van der Waals surface area contributed by atoms with Crippen LogP contribution in [0.15, 0.2) is 64.0 Å². The van der Waals surface area contributed by atoms with Crippen molar-refractivity contribution in [2.75, 3.05) is 0 Å². The van der Waals surface area contributed by atoms with Crippen LogP contribution >= 0.6 is 15.9 Å². The van der Waals surface area contributed by atoms with E-state index in [1.807, 2.05) is 19.9 Å². The van der Waals surface area contributed by atoms with E-state index in [1.165, 1.54) is 17.6 Å². The van der Waals surface area contributed by atoms with Crippen molar-refractivity contribution in [1.29, 1.82) is 0 Å². The second-order valence-corrected chi connectivity index (χ2v) is 9.41. The summed E-state index contributed by atoms with van der Waals surface area (Å²) in [6.45, 7) is 3.74. The van der Waals surface area contributed by atoms with Crippen LogP contribution < -0.4 is 5.48 Å². The van der Waals surface area contributed by atoms with Gasteiger partial charge < -0.3 is 10.7 Å². The maximum Gasteiger partial charge on any atom is 0.244 e. The Morgan fingerprint density at radius 3 is 2.22 bits per heavy atom. The number of sulfonamides is 1. The van der Waals surface area contributed by atoms with Crippen LogP contribution in [-0.4, -0.2) is 24.7 Å². The van der Waals surface area contributed by atoms with E-state index in [2.05, 4.69) is 15.9 Å². The summed E-state index contributed by atoms with van der Waals surface area (Å²) >= 11 is 3.29. The molecule has 0 aromatic heterocycles. The first-order valence-electron chi connectivity index (χ1n) is 8.49. The highest BCUT2D eigenvalue weighted by Crippen LogP contribution is 2.25. The number of halogens is 1. The number of hydrogen-bond acceptors (Lipinski definition) is 4. The van der Waals surface area contributed by atoms with E-state index in [4.69, 9.17) is 0 Å². The molecule has 0 bridgehead atoms. The molecule has 0 aliphatic heterocycles. The average molecular weight is 454 g/mol. The summed E-state index contributed by atoms with van der Waals surface area (Å²) in [6.07, 6.45) is 0.233. The lowest BCUT2D eigenvalue weighted by Gasteiger charge is -2.32. The predicted molar refractivity (Wildman–Crippen MR) is 108 cm³/mol. The van der Waals surface area contributed by atoms with E-state index in [9.17, 15) is 18.4 Å². The molecule has 0 saturated carbocycles. The Morgan fingerprint density at radius 2 is 1.70 bits per heavy atom. The predicted octanol–water partition coefficient (Wildman–Crippen LogP) is 3.67. The van der Waals surface area contributed by atoms with Crippen LogP contribution in [0.25, 0.3) is 0 Å². The molecule has 1 atom stereocenters. The molecule has 1 amide bonds. The van der Waals surface area contributed by atoms with Gasteiger partial charge in [-0.2, -0.15) is 4.31 Å². The molecule has 0 saturated heterocycles. The fraction of sp³-hybridized carbons (Fsp3) is 0.316. The number of rotatable bonds is 8. The fourth-order valence-electron chi connectivity index (χ4n) is 2.74. The molecule has 27 heavy (non-hydrogen) atoms. The van der Waals surface area contributed by atoms with Crippen LogP contribution in [-0.2, 0) is 21.4 Å². The Labute approximate surface area is 168 Å². The van der Waals surface area contributed by atoms with Gasteiger partial charge in [0.15, 0.2) is 0 Å². The van der Waals surface area contributed by atoms with Gasteiger partial charge in [0.05, 0.1) is 4.90 Å². The highest BCUT2D eigenvalue weighted by atomic mass is 79.9. The van der Waals surface area contributed by atoms with Gasteiger partial charge in [0, 0.05) is 11.0 Å². The van der Waals surface area contributed by atoms with Crippen molar-refractivity contribution in [2.24, 2.45) is 5.92 Å². The standard InChI is InChI=1S/C19H22BrN2O4S/c1-14(2)12-18(19(23)21-24)22(13-15-6-4-3-5-7-15)27(25,26)17-10-8-16(20)9-11-17/h3-11,14,18H,12-13H2,1-2H3,(H-,21,23,24)/q-1. The van der Waals surface area contributed by atoms with Gasteiger partial charge in [-0.25, -0.2) is 8.42 Å². The van der Waals surface area contributed by atoms with Crippen molar-refractivity contribution < 1.29 is 13.2 Å². The van der Waals surface area contributed by atoms with Gasteiger partial charge >= 0.3 is 0 Å². The molecule has 0 heterocycles. The molecule has 6 nitrogen and oxygen atoms in total. The number of amides is 1. The minimum atomic E-state index is -4.00. The van der Waals surface area contributed by atoms with Crippen LogP contribution in [0, 0.1) is 11.1 Å². The smallest absolute Gasteiger partial charge is 0.244 e. The molecule has 146 valence electrons. The number of carbonyl (C=O) groups is 1. The number of carbonyl (C=O) groups excluding carboxylic acids is 1. The summed E-state index contributed by atoms with van der Waals surface area (Å²) < 4.78 is 28.5. The van der Waals surface area contributed by atoms with E-state index in [-0.39, 0.29) is 23.8 Å². The third kappa shape index (κ3) is 5.62. The normalized spacial score (nSPS) is 13.0. The van der Waals surface area contributed by atoms with E-state index < -0.39 is 22.0 Å².